The van der Waals surface area contributed by atoms with Crippen molar-refractivity contribution < 1.29 is 0 Å². The van der Waals surface area contributed by atoms with Crippen molar-refractivity contribution in [3.8, 4) is 0 Å². The molecule has 1 unspecified atom stereocenters. The van der Waals surface area contributed by atoms with Crippen molar-refractivity contribution in [1.29, 1.82) is 0 Å². The summed E-state index contributed by atoms with van der Waals surface area (Å²) in [5.74, 6) is 5.59. The van der Waals surface area contributed by atoms with E-state index in [1.807, 2.05) is 30.5 Å². The van der Waals surface area contributed by atoms with E-state index in [9.17, 15) is 0 Å². The van der Waals surface area contributed by atoms with Gasteiger partial charge in [-0.25, -0.2) is 5.43 Å². The van der Waals surface area contributed by atoms with Gasteiger partial charge in [0.05, 0.1) is 16.8 Å². The minimum atomic E-state index is -0.145. The second kappa shape index (κ2) is 4.93. The molecule has 0 saturated carbocycles. The van der Waals surface area contributed by atoms with E-state index in [2.05, 4.69) is 10.4 Å². The highest BCUT2D eigenvalue weighted by Gasteiger charge is 2.19. The molecule has 0 aliphatic carbocycles. The van der Waals surface area contributed by atoms with E-state index in [1.165, 1.54) is 0 Å². The first-order valence-electron chi connectivity index (χ1n) is 4.84. The Morgan fingerprint density at radius 2 is 2.31 bits per heavy atom. The standard InChI is InChI=1S/C11H12ClN3S/c1-7-3-2-5-14-9(7)10(15-13)11-8(12)4-6-16-11/h2-6,10,15H,13H2,1H3. The SMILES string of the molecule is Cc1cccnc1C(NN)c1sccc1Cl. The zero-order valence-electron chi connectivity index (χ0n) is 8.77. The van der Waals surface area contributed by atoms with Crippen LogP contribution in [0.15, 0.2) is 29.8 Å². The van der Waals surface area contributed by atoms with Crippen LogP contribution in [0.25, 0.3) is 0 Å². The van der Waals surface area contributed by atoms with Gasteiger partial charge < -0.3 is 0 Å². The smallest absolute Gasteiger partial charge is 0.0990 e. The monoisotopic (exact) mass is 253 g/mol. The molecule has 2 aromatic rings. The molecule has 3 nitrogen and oxygen atoms in total. The van der Waals surface area contributed by atoms with E-state index < -0.39 is 0 Å². The summed E-state index contributed by atoms with van der Waals surface area (Å²) in [5.41, 5.74) is 4.77. The number of nitrogens with zero attached hydrogens (tertiary/aromatic N) is 1. The van der Waals surface area contributed by atoms with Crippen LogP contribution < -0.4 is 11.3 Å². The molecule has 0 spiro atoms. The van der Waals surface area contributed by atoms with Gasteiger partial charge in [0.1, 0.15) is 0 Å². The molecular weight excluding hydrogens is 242 g/mol. The summed E-state index contributed by atoms with van der Waals surface area (Å²) >= 11 is 7.67. The number of halogens is 1. The molecule has 2 rings (SSSR count). The summed E-state index contributed by atoms with van der Waals surface area (Å²) < 4.78 is 0. The number of hydrazine groups is 1. The predicted molar refractivity (Wildman–Crippen MR) is 67.5 cm³/mol. The van der Waals surface area contributed by atoms with Crippen LogP contribution in [0.1, 0.15) is 22.2 Å². The van der Waals surface area contributed by atoms with Gasteiger partial charge in [-0.2, -0.15) is 0 Å². The number of aromatic nitrogens is 1. The number of aryl methyl sites for hydroxylation is 1. The van der Waals surface area contributed by atoms with Crippen molar-refractivity contribution in [2.75, 3.05) is 0 Å². The Balaban J connectivity index is 2.45. The number of pyridine rings is 1. The van der Waals surface area contributed by atoms with Gasteiger partial charge in [0.25, 0.3) is 0 Å². The second-order valence-corrected chi connectivity index (χ2v) is 4.79. The minimum absolute atomic E-state index is 0.145. The van der Waals surface area contributed by atoms with Crippen LogP contribution in [0.3, 0.4) is 0 Å². The Morgan fingerprint density at radius 3 is 2.88 bits per heavy atom. The van der Waals surface area contributed by atoms with E-state index in [0.717, 1.165) is 21.2 Å². The van der Waals surface area contributed by atoms with Crippen molar-refractivity contribution in [1.82, 2.24) is 10.4 Å². The molecule has 2 heterocycles. The molecule has 0 aliphatic heterocycles. The van der Waals surface area contributed by atoms with Crippen LogP contribution in [0.5, 0.6) is 0 Å². The topological polar surface area (TPSA) is 50.9 Å². The van der Waals surface area contributed by atoms with Crippen molar-refractivity contribution in [3.05, 3.63) is 50.9 Å². The molecule has 0 aliphatic rings. The number of thiophene rings is 1. The van der Waals surface area contributed by atoms with Gasteiger partial charge in [-0.3, -0.25) is 10.8 Å². The van der Waals surface area contributed by atoms with Gasteiger partial charge in [0.15, 0.2) is 0 Å². The zero-order chi connectivity index (χ0) is 11.5. The third-order valence-corrected chi connectivity index (χ3v) is 3.82. The zero-order valence-corrected chi connectivity index (χ0v) is 10.3. The largest absolute Gasteiger partial charge is 0.270 e. The highest BCUT2D eigenvalue weighted by atomic mass is 35.5. The molecule has 16 heavy (non-hydrogen) atoms. The van der Waals surface area contributed by atoms with Crippen LogP contribution >= 0.6 is 22.9 Å². The number of rotatable bonds is 3. The third-order valence-electron chi connectivity index (χ3n) is 2.40. The summed E-state index contributed by atoms with van der Waals surface area (Å²) in [7, 11) is 0. The molecule has 0 fully saturated rings. The third kappa shape index (κ3) is 2.10. The second-order valence-electron chi connectivity index (χ2n) is 3.44. The number of hydrogen-bond acceptors (Lipinski definition) is 4. The first kappa shape index (κ1) is 11.5. The van der Waals surface area contributed by atoms with E-state index in [4.69, 9.17) is 17.4 Å². The van der Waals surface area contributed by atoms with Crippen molar-refractivity contribution >= 4 is 22.9 Å². The lowest BCUT2D eigenvalue weighted by Crippen LogP contribution is -2.29. The molecule has 84 valence electrons. The summed E-state index contributed by atoms with van der Waals surface area (Å²) in [6, 6.07) is 5.63. The van der Waals surface area contributed by atoms with Crippen LogP contribution in [-0.4, -0.2) is 4.98 Å². The molecule has 0 amide bonds. The predicted octanol–water partition coefficient (Wildman–Crippen LogP) is 2.66. The van der Waals surface area contributed by atoms with Crippen molar-refractivity contribution in [3.63, 3.8) is 0 Å². The van der Waals surface area contributed by atoms with Gasteiger partial charge in [0, 0.05) is 11.1 Å². The summed E-state index contributed by atoms with van der Waals surface area (Å²) in [5, 5.41) is 2.67. The molecule has 1 atom stereocenters. The average molecular weight is 254 g/mol. The van der Waals surface area contributed by atoms with Gasteiger partial charge in [-0.1, -0.05) is 17.7 Å². The Morgan fingerprint density at radius 1 is 1.50 bits per heavy atom. The van der Waals surface area contributed by atoms with Crippen LogP contribution in [-0.2, 0) is 0 Å². The molecule has 0 saturated heterocycles. The fourth-order valence-corrected chi connectivity index (χ4v) is 2.82. The fourth-order valence-electron chi connectivity index (χ4n) is 1.59. The summed E-state index contributed by atoms with van der Waals surface area (Å²) in [4.78, 5) is 5.34. The maximum absolute atomic E-state index is 6.10. The van der Waals surface area contributed by atoms with Crippen molar-refractivity contribution in [2.24, 2.45) is 5.84 Å². The maximum Gasteiger partial charge on any atom is 0.0990 e. The van der Waals surface area contributed by atoms with E-state index in [-0.39, 0.29) is 6.04 Å². The molecule has 3 N–H and O–H groups in total. The number of hydrogen-bond donors (Lipinski definition) is 2. The Bertz CT molecular complexity index is 484. The Labute approximate surface area is 103 Å². The number of nitrogens with two attached hydrogens (primary N) is 1. The van der Waals surface area contributed by atoms with E-state index in [0.29, 0.717) is 0 Å². The molecule has 5 heteroatoms. The Hall–Kier alpha value is -0.940. The lowest BCUT2D eigenvalue weighted by Gasteiger charge is -2.16. The molecule has 2 aromatic heterocycles. The highest BCUT2D eigenvalue weighted by molar-refractivity contribution is 7.10. The van der Waals surface area contributed by atoms with Gasteiger partial charge in [-0.05, 0) is 30.0 Å². The summed E-state index contributed by atoms with van der Waals surface area (Å²) in [6.07, 6.45) is 1.76. The first-order valence-corrected chi connectivity index (χ1v) is 6.10. The number of nitrogens with one attached hydrogen (secondary N) is 1. The van der Waals surface area contributed by atoms with Gasteiger partial charge in [0.2, 0.25) is 0 Å². The van der Waals surface area contributed by atoms with Crippen LogP contribution in [0.4, 0.5) is 0 Å². The highest BCUT2D eigenvalue weighted by Crippen LogP contribution is 2.32. The molecule has 0 aromatic carbocycles. The normalized spacial score (nSPS) is 12.7. The van der Waals surface area contributed by atoms with Crippen LogP contribution in [0.2, 0.25) is 5.02 Å². The first-order chi connectivity index (χ1) is 7.74. The lowest BCUT2D eigenvalue weighted by atomic mass is 10.1. The van der Waals surface area contributed by atoms with Gasteiger partial charge in [-0.15, -0.1) is 11.3 Å². The van der Waals surface area contributed by atoms with E-state index in [1.54, 1.807) is 17.5 Å². The molecule has 0 radical (unpaired) electrons. The summed E-state index contributed by atoms with van der Waals surface area (Å²) in [6.45, 7) is 2.01. The fraction of sp³-hybridized carbons (Fsp3) is 0.182. The average Bonchev–Trinajstić information content (AvgIpc) is 2.69. The maximum atomic E-state index is 6.10. The minimum Gasteiger partial charge on any atom is -0.270 e. The molecule has 0 bridgehead atoms. The van der Waals surface area contributed by atoms with Crippen molar-refractivity contribution in [2.45, 2.75) is 13.0 Å². The lowest BCUT2D eigenvalue weighted by molar-refractivity contribution is 0.626. The Kier molecular flexibility index (Phi) is 3.56. The van der Waals surface area contributed by atoms with Gasteiger partial charge >= 0.3 is 0 Å². The molecular formula is C11H12ClN3S. The van der Waals surface area contributed by atoms with E-state index >= 15 is 0 Å². The quantitative estimate of drug-likeness (QED) is 0.653. The van der Waals surface area contributed by atoms with Crippen LogP contribution in [0, 0.1) is 6.92 Å².